The Kier molecular flexibility index (Phi) is 6.53. The second-order valence-electron chi connectivity index (χ2n) is 6.32. The van der Waals surface area contributed by atoms with Crippen LogP contribution in [0.2, 0.25) is 0 Å². The van der Waals surface area contributed by atoms with E-state index in [2.05, 4.69) is 32.2 Å². The lowest BCUT2D eigenvalue weighted by atomic mass is 10.2. The van der Waals surface area contributed by atoms with Gasteiger partial charge in [0.25, 0.3) is 0 Å². The minimum Gasteiger partial charge on any atom is -0.481 e. The number of aromatic nitrogens is 3. The summed E-state index contributed by atoms with van der Waals surface area (Å²) in [4.78, 5) is 25.3. The highest BCUT2D eigenvalue weighted by Crippen LogP contribution is 2.21. The third-order valence-corrected chi connectivity index (χ3v) is 4.13. The van der Waals surface area contributed by atoms with Gasteiger partial charge in [0.2, 0.25) is 17.7 Å². The van der Waals surface area contributed by atoms with Gasteiger partial charge in [-0.3, -0.25) is 4.79 Å². The maximum atomic E-state index is 14.2. The molecule has 1 aromatic carbocycles. The third-order valence-electron chi connectivity index (χ3n) is 4.13. The van der Waals surface area contributed by atoms with Gasteiger partial charge >= 0.3 is 0 Å². The number of nitrogens with one attached hydrogen (secondary N) is 2. The number of halogens is 1. The van der Waals surface area contributed by atoms with Gasteiger partial charge in [0, 0.05) is 25.3 Å². The van der Waals surface area contributed by atoms with E-state index in [0.717, 1.165) is 11.8 Å². The van der Waals surface area contributed by atoms with Gasteiger partial charge in [-0.05, 0) is 29.8 Å². The molecular weight excluding hydrogens is 387 g/mol. The lowest BCUT2D eigenvalue weighted by molar-refractivity contribution is -0.125. The number of carbonyl (C=O) groups is 1. The molecule has 0 unspecified atom stereocenters. The van der Waals surface area contributed by atoms with E-state index in [-0.39, 0.29) is 17.7 Å². The molecule has 3 rings (SSSR count). The molecule has 30 heavy (non-hydrogen) atoms. The number of nitrogens with zero attached hydrogens (tertiary/aromatic N) is 4. The number of anilines is 4. The van der Waals surface area contributed by atoms with Crippen LogP contribution in [0.5, 0.6) is 5.88 Å². The molecular formula is C21H21FN6O2. The smallest absolute Gasteiger partial charge is 0.245 e. The van der Waals surface area contributed by atoms with Crippen LogP contribution in [0.4, 0.5) is 27.5 Å². The Hall–Kier alpha value is -4.01. The zero-order valence-corrected chi connectivity index (χ0v) is 16.6. The molecule has 0 saturated heterocycles. The van der Waals surface area contributed by atoms with Crippen LogP contribution in [0.3, 0.4) is 0 Å². The molecule has 0 aliphatic heterocycles. The molecule has 0 atom stereocenters. The van der Waals surface area contributed by atoms with Crippen molar-refractivity contribution in [2.75, 3.05) is 24.8 Å². The summed E-state index contributed by atoms with van der Waals surface area (Å²) in [6.07, 6.45) is 3.91. The fraction of sp³-hybridized carbons (Fsp3) is 0.143. The number of amides is 1. The first kappa shape index (κ1) is 20.7. The maximum absolute atomic E-state index is 14.2. The number of ether oxygens (including phenoxy) is 1. The quantitative estimate of drug-likeness (QED) is 0.550. The predicted molar refractivity (Wildman–Crippen MR) is 112 cm³/mol. The molecule has 0 aliphatic carbocycles. The lowest BCUT2D eigenvalue weighted by Gasteiger charge is -2.15. The van der Waals surface area contributed by atoms with E-state index in [1.807, 2.05) is 12.1 Å². The monoisotopic (exact) mass is 408 g/mol. The molecule has 0 radical (unpaired) electrons. The van der Waals surface area contributed by atoms with Gasteiger partial charge in [0.05, 0.1) is 25.2 Å². The summed E-state index contributed by atoms with van der Waals surface area (Å²) in [5.41, 5.74) is 2.21. The second kappa shape index (κ2) is 9.46. The minimum atomic E-state index is -0.589. The van der Waals surface area contributed by atoms with Crippen molar-refractivity contribution in [3.05, 3.63) is 72.8 Å². The van der Waals surface area contributed by atoms with Crippen molar-refractivity contribution in [1.82, 2.24) is 19.9 Å². The molecule has 154 valence electrons. The average Bonchev–Trinajstić information content (AvgIpc) is 2.77. The van der Waals surface area contributed by atoms with E-state index < -0.39 is 5.82 Å². The van der Waals surface area contributed by atoms with Crippen LogP contribution in [0, 0.1) is 5.82 Å². The van der Waals surface area contributed by atoms with Crippen molar-refractivity contribution in [3.8, 4) is 5.88 Å². The van der Waals surface area contributed by atoms with Crippen LogP contribution in [-0.2, 0) is 11.3 Å². The van der Waals surface area contributed by atoms with Gasteiger partial charge in [-0.2, -0.15) is 4.98 Å². The zero-order valence-electron chi connectivity index (χ0n) is 16.6. The molecule has 0 spiro atoms. The molecule has 0 bridgehead atoms. The minimum absolute atomic E-state index is 0.0284. The molecule has 1 amide bonds. The summed E-state index contributed by atoms with van der Waals surface area (Å²) in [5.74, 6) is -0.0275. The van der Waals surface area contributed by atoms with Gasteiger partial charge in [0.15, 0.2) is 11.6 Å². The van der Waals surface area contributed by atoms with Crippen LogP contribution in [0.25, 0.3) is 0 Å². The lowest BCUT2D eigenvalue weighted by Crippen LogP contribution is -2.23. The Balaban J connectivity index is 1.69. The fourth-order valence-corrected chi connectivity index (χ4v) is 2.56. The summed E-state index contributed by atoms with van der Waals surface area (Å²) < 4.78 is 19.2. The van der Waals surface area contributed by atoms with E-state index in [1.54, 1.807) is 42.4 Å². The van der Waals surface area contributed by atoms with Gasteiger partial charge in [-0.15, -0.1) is 0 Å². The van der Waals surface area contributed by atoms with Gasteiger partial charge in [-0.25, -0.2) is 14.4 Å². The van der Waals surface area contributed by atoms with Crippen molar-refractivity contribution in [3.63, 3.8) is 0 Å². The molecule has 2 N–H and O–H groups in total. The molecule has 0 saturated carbocycles. The molecule has 0 fully saturated rings. The highest BCUT2D eigenvalue weighted by Gasteiger charge is 2.09. The number of hydrogen-bond donors (Lipinski definition) is 2. The zero-order chi connectivity index (χ0) is 21.5. The van der Waals surface area contributed by atoms with Crippen molar-refractivity contribution >= 4 is 29.0 Å². The van der Waals surface area contributed by atoms with E-state index in [1.165, 1.54) is 13.2 Å². The van der Waals surface area contributed by atoms with E-state index in [4.69, 9.17) is 4.74 Å². The SMILES string of the molecule is C=CC(=O)N(C)Cc1ccc(Nc2nc(Nc3ccc(OC)nc3)ncc2F)cc1. The summed E-state index contributed by atoms with van der Waals surface area (Å²) in [6, 6.07) is 10.7. The Labute approximate surface area is 173 Å². The number of hydrogen-bond acceptors (Lipinski definition) is 7. The van der Waals surface area contributed by atoms with Crippen LogP contribution >= 0.6 is 0 Å². The summed E-state index contributed by atoms with van der Waals surface area (Å²) in [7, 11) is 3.22. The standard InChI is InChI=1S/C21H21FN6O2/c1-4-19(29)28(2)13-14-5-7-15(8-6-14)25-20-17(22)12-24-21(27-20)26-16-9-10-18(30-3)23-11-16/h4-12H,1,13H2,2-3H3,(H2,24,25,26,27). The van der Waals surface area contributed by atoms with Gasteiger partial charge < -0.3 is 20.3 Å². The highest BCUT2D eigenvalue weighted by atomic mass is 19.1. The Morgan fingerprint density at radius 1 is 1.13 bits per heavy atom. The molecule has 3 aromatic rings. The maximum Gasteiger partial charge on any atom is 0.245 e. The second-order valence-corrected chi connectivity index (χ2v) is 6.32. The first-order chi connectivity index (χ1) is 14.5. The van der Waals surface area contributed by atoms with Crippen LogP contribution in [0.1, 0.15) is 5.56 Å². The van der Waals surface area contributed by atoms with Crippen molar-refractivity contribution in [1.29, 1.82) is 0 Å². The first-order valence-corrected chi connectivity index (χ1v) is 9.01. The number of methoxy groups -OCH3 is 1. The third kappa shape index (κ3) is 5.28. The predicted octanol–water partition coefficient (Wildman–Crippen LogP) is 3.65. The van der Waals surface area contributed by atoms with E-state index >= 15 is 0 Å². The number of benzene rings is 1. The van der Waals surface area contributed by atoms with Crippen molar-refractivity contribution in [2.45, 2.75) is 6.54 Å². The summed E-state index contributed by atoms with van der Waals surface area (Å²) in [5, 5.41) is 5.90. The first-order valence-electron chi connectivity index (χ1n) is 9.01. The molecule has 9 heteroatoms. The number of rotatable bonds is 8. The number of likely N-dealkylation sites (N-methyl/N-ethyl adjacent to an activating group) is 1. The summed E-state index contributed by atoms with van der Waals surface area (Å²) >= 11 is 0. The molecule has 2 heterocycles. The van der Waals surface area contributed by atoms with Crippen molar-refractivity contribution in [2.24, 2.45) is 0 Å². The number of pyridine rings is 1. The Bertz CT molecular complexity index is 1020. The summed E-state index contributed by atoms with van der Waals surface area (Å²) in [6.45, 7) is 3.91. The Morgan fingerprint density at radius 2 is 1.87 bits per heavy atom. The van der Waals surface area contributed by atoms with E-state index in [0.29, 0.717) is 23.8 Å². The average molecular weight is 408 g/mol. The number of carbonyl (C=O) groups excluding carboxylic acids is 1. The molecule has 0 aliphatic rings. The van der Waals surface area contributed by atoms with E-state index in [9.17, 15) is 9.18 Å². The molecule has 2 aromatic heterocycles. The largest absolute Gasteiger partial charge is 0.481 e. The van der Waals surface area contributed by atoms with Crippen LogP contribution in [-0.4, -0.2) is 39.9 Å². The molecule has 8 nitrogen and oxygen atoms in total. The normalized spacial score (nSPS) is 10.2. The fourth-order valence-electron chi connectivity index (χ4n) is 2.56. The van der Waals surface area contributed by atoms with Crippen molar-refractivity contribution < 1.29 is 13.9 Å². The van der Waals surface area contributed by atoms with Gasteiger partial charge in [-0.1, -0.05) is 18.7 Å². The van der Waals surface area contributed by atoms with Gasteiger partial charge in [0.1, 0.15) is 0 Å². The topological polar surface area (TPSA) is 92.3 Å². The highest BCUT2D eigenvalue weighted by molar-refractivity contribution is 5.86. The van der Waals surface area contributed by atoms with Crippen LogP contribution in [0.15, 0.2) is 61.4 Å². The van der Waals surface area contributed by atoms with Crippen LogP contribution < -0.4 is 15.4 Å². The Morgan fingerprint density at radius 3 is 2.50 bits per heavy atom.